The molecule has 0 aliphatic heterocycles. The minimum atomic E-state index is -0.469. The number of carbonyl (C=O) groups excluding carboxylic acids is 1. The van der Waals surface area contributed by atoms with E-state index in [4.69, 9.17) is 4.74 Å². The molecule has 156 valence electrons. The van der Waals surface area contributed by atoms with Crippen LogP contribution in [-0.4, -0.2) is 5.97 Å². The number of para-hydroxylation sites is 2. The van der Waals surface area contributed by atoms with Gasteiger partial charge in [0.2, 0.25) is 0 Å². The van der Waals surface area contributed by atoms with E-state index >= 15 is 0 Å². The molecule has 4 aromatic rings. The normalized spacial score (nSPS) is 10.6. The first-order chi connectivity index (χ1) is 15.7. The van der Waals surface area contributed by atoms with Crippen LogP contribution in [-0.2, 0) is 4.79 Å². The van der Waals surface area contributed by atoms with Crippen LogP contribution in [0.25, 0.3) is 12.2 Å². The zero-order valence-corrected chi connectivity index (χ0v) is 17.6. The fourth-order valence-corrected chi connectivity index (χ4v) is 3.37. The third-order valence-electron chi connectivity index (χ3n) is 4.89. The molecule has 32 heavy (non-hydrogen) atoms. The molecular formula is C29H23NO2. The first-order valence-electron chi connectivity index (χ1n) is 10.4. The summed E-state index contributed by atoms with van der Waals surface area (Å²) in [5.41, 5.74) is 5.31. The van der Waals surface area contributed by atoms with Crippen LogP contribution in [0, 0.1) is 0 Å². The van der Waals surface area contributed by atoms with Gasteiger partial charge in [0, 0.05) is 23.1 Å². The van der Waals surface area contributed by atoms with Crippen LogP contribution < -0.4 is 9.64 Å². The van der Waals surface area contributed by atoms with Gasteiger partial charge in [-0.3, -0.25) is 0 Å². The van der Waals surface area contributed by atoms with Crippen molar-refractivity contribution in [2.24, 2.45) is 0 Å². The van der Waals surface area contributed by atoms with Crippen molar-refractivity contribution >= 4 is 35.2 Å². The molecule has 0 bridgehead atoms. The van der Waals surface area contributed by atoms with Gasteiger partial charge in [0.1, 0.15) is 5.75 Å². The van der Waals surface area contributed by atoms with Gasteiger partial charge in [0.05, 0.1) is 0 Å². The maximum absolute atomic E-state index is 11.4. The second-order valence-corrected chi connectivity index (χ2v) is 7.13. The van der Waals surface area contributed by atoms with Gasteiger partial charge in [0.15, 0.2) is 0 Å². The minimum absolute atomic E-state index is 0.469. The highest BCUT2D eigenvalue weighted by Gasteiger charge is 2.11. The number of esters is 1. The summed E-state index contributed by atoms with van der Waals surface area (Å²) in [6, 6.07) is 36.4. The second-order valence-electron chi connectivity index (χ2n) is 7.13. The second kappa shape index (κ2) is 10.1. The first-order valence-corrected chi connectivity index (χ1v) is 10.4. The van der Waals surface area contributed by atoms with Crippen LogP contribution >= 0.6 is 0 Å². The largest absolute Gasteiger partial charge is 0.423 e. The van der Waals surface area contributed by atoms with Gasteiger partial charge in [0.25, 0.3) is 0 Å². The van der Waals surface area contributed by atoms with Crippen molar-refractivity contribution in [2.75, 3.05) is 4.90 Å². The quantitative estimate of drug-likeness (QED) is 0.136. The number of carbonyl (C=O) groups is 1. The molecule has 0 aliphatic rings. The summed E-state index contributed by atoms with van der Waals surface area (Å²) in [5, 5.41) is 0. The van der Waals surface area contributed by atoms with E-state index in [-0.39, 0.29) is 0 Å². The number of hydrogen-bond acceptors (Lipinski definition) is 3. The standard InChI is InChI=1S/C29H23NO2/c1-2-29(31)32-28-15-9-10-24(22-28)17-16-23-18-20-27(21-19-23)30(25-11-5-3-6-12-25)26-13-7-4-8-14-26/h2-22H,1H2. The van der Waals surface area contributed by atoms with Crippen molar-refractivity contribution in [3.63, 3.8) is 0 Å². The highest BCUT2D eigenvalue weighted by Crippen LogP contribution is 2.34. The predicted octanol–water partition coefficient (Wildman–Crippen LogP) is 7.42. The minimum Gasteiger partial charge on any atom is -0.423 e. The number of anilines is 3. The zero-order chi connectivity index (χ0) is 22.2. The van der Waals surface area contributed by atoms with Gasteiger partial charge >= 0.3 is 5.97 Å². The Hall–Kier alpha value is -4.37. The summed E-state index contributed by atoms with van der Waals surface area (Å²) in [7, 11) is 0. The molecule has 0 aliphatic carbocycles. The summed E-state index contributed by atoms with van der Waals surface area (Å²) in [6.45, 7) is 3.42. The lowest BCUT2D eigenvalue weighted by molar-refractivity contribution is -0.128. The lowest BCUT2D eigenvalue weighted by Crippen LogP contribution is -2.09. The van der Waals surface area contributed by atoms with Gasteiger partial charge in [-0.15, -0.1) is 0 Å². The topological polar surface area (TPSA) is 29.5 Å². The molecule has 0 heterocycles. The van der Waals surface area contributed by atoms with Gasteiger partial charge in [-0.25, -0.2) is 4.79 Å². The monoisotopic (exact) mass is 417 g/mol. The van der Waals surface area contributed by atoms with Crippen LogP contribution in [0.15, 0.2) is 122 Å². The summed E-state index contributed by atoms with van der Waals surface area (Å²) in [4.78, 5) is 13.6. The fraction of sp³-hybridized carbons (Fsp3) is 0. The van der Waals surface area contributed by atoms with E-state index in [1.165, 1.54) is 0 Å². The third kappa shape index (κ3) is 5.21. The van der Waals surface area contributed by atoms with E-state index in [1.54, 1.807) is 6.07 Å². The number of ether oxygens (including phenoxy) is 1. The number of rotatable bonds is 7. The van der Waals surface area contributed by atoms with Crippen LogP contribution in [0.2, 0.25) is 0 Å². The molecule has 0 fully saturated rings. The van der Waals surface area contributed by atoms with Crippen molar-refractivity contribution in [1.29, 1.82) is 0 Å². The van der Waals surface area contributed by atoms with Crippen LogP contribution in [0.4, 0.5) is 17.1 Å². The van der Waals surface area contributed by atoms with E-state index in [2.05, 4.69) is 60.0 Å². The van der Waals surface area contributed by atoms with Crippen molar-refractivity contribution in [2.45, 2.75) is 0 Å². The molecule has 0 aromatic heterocycles. The summed E-state index contributed by atoms with van der Waals surface area (Å²) in [6.07, 6.45) is 5.18. The van der Waals surface area contributed by atoms with Crippen molar-refractivity contribution < 1.29 is 9.53 Å². The molecule has 0 atom stereocenters. The molecule has 0 N–H and O–H groups in total. The molecule has 0 saturated heterocycles. The molecule has 4 rings (SSSR count). The highest BCUT2D eigenvalue weighted by atomic mass is 16.5. The van der Waals surface area contributed by atoms with Gasteiger partial charge in [-0.2, -0.15) is 0 Å². The molecule has 0 spiro atoms. The van der Waals surface area contributed by atoms with Crippen LogP contribution in [0.1, 0.15) is 11.1 Å². The molecule has 0 radical (unpaired) electrons. The fourth-order valence-electron chi connectivity index (χ4n) is 3.37. The highest BCUT2D eigenvalue weighted by molar-refractivity contribution is 5.83. The molecule has 0 amide bonds. The summed E-state index contributed by atoms with van der Waals surface area (Å²) in [5.74, 6) is 0.0249. The van der Waals surface area contributed by atoms with Crippen molar-refractivity contribution in [1.82, 2.24) is 0 Å². The molecule has 3 heteroatoms. The first kappa shape index (κ1) is 20.9. The van der Waals surface area contributed by atoms with Crippen LogP contribution in [0.3, 0.4) is 0 Å². The predicted molar refractivity (Wildman–Crippen MR) is 132 cm³/mol. The Kier molecular flexibility index (Phi) is 6.59. The Morgan fingerprint density at radius 3 is 1.81 bits per heavy atom. The molecular weight excluding hydrogens is 394 g/mol. The zero-order valence-electron chi connectivity index (χ0n) is 17.6. The third-order valence-corrected chi connectivity index (χ3v) is 4.89. The van der Waals surface area contributed by atoms with Crippen molar-refractivity contribution in [3.8, 4) is 5.75 Å². The Balaban J connectivity index is 1.56. The van der Waals surface area contributed by atoms with E-state index in [0.29, 0.717) is 5.75 Å². The lowest BCUT2D eigenvalue weighted by atomic mass is 10.1. The smallest absolute Gasteiger partial charge is 0.335 e. The lowest BCUT2D eigenvalue weighted by Gasteiger charge is -2.25. The van der Waals surface area contributed by atoms with E-state index in [0.717, 1.165) is 34.3 Å². The Morgan fingerprint density at radius 2 is 1.22 bits per heavy atom. The van der Waals surface area contributed by atoms with Gasteiger partial charge in [-0.1, -0.05) is 79.4 Å². The number of benzene rings is 4. The molecule has 3 nitrogen and oxygen atoms in total. The van der Waals surface area contributed by atoms with Gasteiger partial charge < -0.3 is 9.64 Å². The van der Waals surface area contributed by atoms with E-state index < -0.39 is 5.97 Å². The maximum Gasteiger partial charge on any atom is 0.335 e. The molecule has 4 aromatic carbocycles. The Morgan fingerprint density at radius 1 is 0.656 bits per heavy atom. The van der Waals surface area contributed by atoms with E-state index in [1.807, 2.05) is 66.7 Å². The Labute approximate surface area is 188 Å². The maximum atomic E-state index is 11.4. The van der Waals surface area contributed by atoms with E-state index in [9.17, 15) is 4.79 Å². The average Bonchev–Trinajstić information content (AvgIpc) is 2.85. The SMILES string of the molecule is C=CC(=O)Oc1cccc(C=Cc2ccc(N(c3ccccc3)c3ccccc3)cc2)c1. The summed E-state index contributed by atoms with van der Waals surface area (Å²) < 4.78 is 5.19. The average molecular weight is 418 g/mol. The molecule has 0 saturated carbocycles. The summed E-state index contributed by atoms with van der Waals surface area (Å²) >= 11 is 0. The van der Waals surface area contributed by atoms with Crippen molar-refractivity contribution in [3.05, 3.63) is 133 Å². The number of nitrogens with zero attached hydrogens (tertiary/aromatic N) is 1. The van der Waals surface area contributed by atoms with Gasteiger partial charge in [-0.05, 0) is 59.7 Å². The number of hydrogen-bond donors (Lipinski definition) is 0. The molecule has 0 unspecified atom stereocenters. The Bertz CT molecular complexity index is 1170. The van der Waals surface area contributed by atoms with Crippen LogP contribution in [0.5, 0.6) is 5.75 Å².